The summed E-state index contributed by atoms with van der Waals surface area (Å²) in [5.41, 5.74) is 2.05. The van der Waals surface area contributed by atoms with Gasteiger partial charge in [-0.3, -0.25) is 0 Å². The molecule has 2 aromatic carbocycles. The molecule has 0 spiro atoms. The summed E-state index contributed by atoms with van der Waals surface area (Å²) in [6.45, 7) is 5.11. The van der Waals surface area contributed by atoms with Crippen LogP contribution in [0.1, 0.15) is 18.9 Å². The summed E-state index contributed by atoms with van der Waals surface area (Å²) in [5.74, 6) is 2.10. The van der Waals surface area contributed by atoms with Crippen LogP contribution in [-0.2, 0) is 6.54 Å². The number of methoxy groups -OCH3 is 2. The molecular formula is C22H29FN4O2. The van der Waals surface area contributed by atoms with Gasteiger partial charge in [0.15, 0.2) is 5.96 Å². The van der Waals surface area contributed by atoms with Gasteiger partial charge in [-0.15, -0.1) is 0 Å². The van der Waals surface area contributed by atoms with Crippen LogP contribution in [0.3, 0.4) is 0 Å². The van der Waals surface area contributed by atoms with Gasteiger partial charge in [-0.1, -0.05) is 12.1 Å². The Morgan fingerprint density at radius 3 is 2.45 bits per heavy atom. The Kier molecular flexibility index (Phi) is 7.16. The number of hydrogen-bond donors (Lipinski definition) is 2. The molecule has 0 radical (unpaired) electrons. The van der Waals surface area contributed by atoms with Crippen molar-refractivity contribution in [2.75, 3.05) is 38.8 Å². The quantitative estimate of drug-likeness (QED) is 0.552. The number of guanidine groups is 1. The topological polar surface area (TPSA) is 58.1 Å². The van der Waals surface area contributed by atoms with E-state index in [2.05, 4.69) is 20.5 Å². The van der Waals surface area contributed by atoms with Crippen LogP contribution in [0.2, 0.25) is 0 Å². The molecule has 6 nitrogen and oxygen atoms in total. The maximum Gasteiger partial charge on any atom is 0.191 e. The lowest BCUT2D eigenvalue weighted by Crippen LogP contribution is -2.44. The number of rotatable bonds is 7. The third-order valence-corrected chi connectivity index (χ3v) is 4.91. The van der Waals surface area contributed by atoms with E-state index in [4.69, 9.17) is 9.47 Å². The van der Waals surface area contributed by atoms with Crippen molar-refractivity contribution in [1.29, 1.82) is 0 Å². The lowest BCUT2D eigenvalue weighted by atomic mass is 10.2. The number of anilines is 1. The first-order valence-electron chi connectivity index (χ1n) is 9.88. The van der Waals surface area contributed by atoms with Crippen LogP contribution in [0, 0.1) is 5.82 Å². The van der Waals surface area contributed by atoms with Gasteiger partial charge in [0.2, 0.25) is 0 Å². The average molecular weight is 400 g/mol. The smallest absolute Gasteiger partial charge is 0.191 e. The molecular weight excluding hydrogens is 371 g/mol. The maximum absolute atomic E-state index is 13.1. The number of nitrogens with one attached hydrogen (secondary N) is 2. The van der Waals surface area contributed by atoms with Crippen molar-refractivity contribution in [2.24, 2.45) is 4.99 Å². The molecule has 156 valence electrons. The third-order valence-electron chi connectivity index (χ3n) is 4.91. The third kappa shape index (κ3) is 5.76. The van der Waals surface area contributed by atoms with E-state index >= 15 is 0 Å². The Labute approximate surface area is 171 Å². The van der Waals surface area contributed by atoms with E-state index in [1.165, 1.54) is 12.1 Å². The van der Waals surface area contributed by atoms with Gasteiger partial charge in [-0.2, -0.15) is 0 Å². The van der Waals surface area contributed by atoms with E-state index in [1.807, 2.05) is 25.1 Å². The van der Waals surface area contributed by atoms with Gasteiger partial charge in [0, 0.05) is 49.6 Å². The minimum atomic E-state index is -0.233. The molecule has 0 bridgehead atoms. The SMILES string of the molecule is CCNC(=NCc1ccc(F)cc1)NC1CCN(c2cc(OC)cc(OC)c2)C1. The minimum absolute atomic E-state index is 0.233. The van der Waals surface area contributed by atoms with Crippen LogP contribution in [0.4, 0.5) is 10.1 Å². The van der Waals surface area contributed by atoms with E-state index in [0.717, 1.165) is 54.8 Å². The second-order valence-corrected chi connectivity index (χ2v) is 6.97. The van der Waals surface area contributed by atoms with E-state index in [1.54, 1.807) is 26.4 Å². The lowest BCUT2D eigenvalue weighted by Gasteiger charge is -2.21. The molecule has 0 saturated carbocycles. The number of hydrogen-bond acceptors (Lipinski definition) is 4. The molecule has 1 aliphatic heterocycles. The molecule has 1 aliphatic rings. The van der Waals surface area contributed by atoms with Crippen LogP contribution in [0.25, 0.3) is 0 Å². The first kappa shape index (κ1) is 20.8. The van der Waals surface area contributed by atoms with Crippen LogP contribution >= 0.6 is 0 Å². The van der Waals surface area contributed by atoms with Gasteiger partial charge in [0.05, 0.1) is 20.8 Å². The molecule has 1 heterocycles. The van der Waals surface area contributed by atoms with Crippen molar-refractivity contribution < 1.29 is 13.9 Å². The Bertz CT molecular complexity index is 804. The summed E-state index contributed by atoms with van der Waals surface area (Å²) in [5, 5.41) is 6.80. The summed E-state index contributed by atoms with van der Waals surface area (Å²) in [6, 6.07) is 12.6. The summed E-state index contributed by atoms with van der Waals surface area (Å²) < 4.78 is 23.8. The van der Waals surface area contributed by atoms with Gasteiger partial charge in [-0.25, -0.2) is 9.38 Å². The first-order chi connectivity index (χ1) is 14.1. The largest absolute Gasteiger partial charge is 0.497 e. The standard InChI is InChI=1S/C22H29FN4O2/c1-4-24-22(25-14-16-5-7-17(23)8-6-16)26-18-9-10-27(15-18)19-11-20(28-2)13-21(12-19)29-3/h5-8,11-13,18H,4,9-10,14-15H2,1-3H3,(H2,24,25,26). The molecule has 29 heavy (non-hydrogen) atoms. The highest BCUT2D eigenvalue weighted by molar-refractivity contribution is 5.80. The molecule has 1 fully saturated rings. The zero-order chi connectivity index (χ0) is 20.6. The summed E-state index contributed by atoms with van der Waals surface area (Å²) in [7, 11) is 3.32. The van der Waals surface area contributed by atoms with E-state index in [-0.39, 0.29) is 11.9 Å². The molecule has 2 aromatic rings. The van der Waals surface area contributed by atoms with E-state index < -0.39 is 0 Å². The fraction of sp³-hybridized carbons (Fsp3) is 0.409. The lowest BCUT2D eigenvalue weighted by molar-refractivity contribution is 0.394. The molecule has 7 heteroatoms. The summed E-state index contributed by atoms with van der Waals surface area (Å²) >= 11 is 0. The van der Waals surface area contributed by atoms with Crippen LogP contribution < -0.4 is 25.0 Å². The summed E-state index contributed by atoms with van der Waals surface area (Å²) in [4.78, 5) is 6.95. The number of benzene rings is 2. The van der Waals surface area contributed by atoms with Crippen molar-refractivity contribution in [3.05, 3.63) is 53.8 Å². The molecule has 0 aliphatic carbocycles. The fourth-order valence-corrected chi connectivity index (χ4v) is 3.36. The molecule has 0 aromatic heterocycles. The summed E-state index contributed by atoms with van der Waals surface area (Å²) in [6.07, 6.45) is 1.00. The maximum atomic E-state index is 13.1. The minimum Gasteiger partial charge on any atom is -0.497 e. The zero-order valence-corrected chi connectivity index (χ0v) is 17.2. The van der Waals surface area contributed by atoms with Crippen molar-refractivity contribution in [2.45, 2.75) is 25.9 Å². The number of ether oxygens (including phenoxy) is 2. The van der Waals surface area contributed by atoms with Crippen molar-refractivity contribution in [3.8, 4) is 11.5 Å². The van der Waals surface area contributed by atoms with Gasteiger partial charge >= 0.3 is 0 Å². The zero-order valence-electron chi connectivity index (χ0n) is 17.2. The van der Waals surface area contributed by atoms with Gasteiger partial charge in [0.1, 0.15) is 17.3 Å². The predicted molar refractivity (Wildman–Crippen MR) is 115 cm³/mol. The Morgan fingerprint density at radius 2 is 1.83 bits per heavy atom. The van der Waals surface area contributed by atoms with Gasteiger partial charge < -0.3 is 25.0 Å². The molecule has 3 rings (SSSR count). The monoisotopic (exact) mass is 400 g/mol. The van der Waals surface area contributed by atoms with Crippen LogP contribution in [0.15, 0.2) is 47.5 Å². The molecule has 1 atom stereocenters. The number of aliphatic imine (C=N–C) groups is 1. The van der Waals surface area contributed by atoms with E-state index in [0.29, 0.717) is 6.54 Å². The predicted octanol–water partition coefficient (Wildman–Crippen LogP) is 3.18. The Balaban J connectivity index is 1.63. The second-order valence-electron chi connectivity index (χ2n) is 6.97. The highest BCUT2D eigenvalue weighted by Gasteiger charge is 2.24. The molecule has 0 amide bonds. The normalized spacial score (nSPS) is 16.6. The molecule has 2 N–H and O–H groups in total. The first-order valence-corrected chi connectivity index (χ1v) is 9.88. The van der Waals surface area contributed by atoms with Crippen molar-refractivity contribution in [3.63, 3.8) is 0 Å². The van der Waals surface area contributed by atoms with Gasteiger partial charge in [0.25, 0.3) is 0 Å². The molecule has 1 saturated heterocycles. The van der Waals surface area contributed by atoms with Gasteiger partial charge in [-0.05, 0) is 31.0 Å². The fourth-order valence-electron chi connectivity index (χ4n) is 3.36. The Hall–Kier alpha value is -2.96. The van der Waals surface area contributed by atoms with E-state index in [9.17, 15) is 4.39 Å². The van der Waals surface area contributed by atoms with Crippen LogP contribution in [-0.4, -0.2) is 45.9 Å². The molecule has 1 unspecified atom stereocenters. The van der Waals surface area contributed by atoms with Crippen LogP contribution in [0.5, 0.6) is 11.5 Å². The second kappa shape index (κ2) is 10.0. The van der Waals surface area contributed by atoms with Crippen molar-refractivity contribution in [1.82, 2.24) is 10.6 Å². The number of nitrogens with zero attached hydrogens (tertiary/aromatic N) is 2. The highest BCUT2D eigenvalue weighted by atomic mass is 19.1. The average Bonchev–Trinajstić information content (AvgIpc) is 3.21. The van der Waals surface area contributed by atoms with Crippen molar-refractivity contribution >= 4 is 11.6 Å². The Morgan fingerprint density at radius 1 is 1.14 bits per heavy atom. The highest BCUT2D eigenvalue weighted by Crippen LogP contribution is 2.30. The number of halogens is 1.